The Kier molecular flexibility index (Phi) is 8.21. The number of rotatable bonds is 8. The molecule has 43 heavy (non-hydrogen) atoms. The molecule has 1 amide bonds. The second-order valence-electron chi connectivity index (χ2n) is 10.9. The maximum Gasteiger partial charge on any atom is 0.255 e. The number of hydrogen-bond acceptors (Lipinski definition) is 9. The minimum absolute atomic E-state index is 0.158. The summed E-state index contributed by atoms with van der Waals surface area (Å²) in [6.07, 6.45) is 6.92. The van der Waals surface area contributed by atoms with Gasteiger partial charge in [-0.1, -0.05) is 23.4 Å². The van der Waals surface area contributed by atoms with Gasteiger partial charge in [-0.25, -0.2) is 9.97 Å². The van der Waals surface area contributed by atoms with Gasteiger partial charge >= 0.3 is 0 Å². The number of aromatic nitrogens is 4. The van der Waals surface area contributed by atoms with E-state index in [9.17, 15) is 4.79 Å². The van der Waals surface area contributed by atoms with Crippen LogP contribution < -0.4 is 10.6 Å². The Morgan fingerprint density at radius 2 is 1.72 bits per heavy atom. The minimum atomic E-state index is -0.158. The summed E-state index contributed by atoms with van der Waals surface area (Å²) >= 11 is 0. The molecule has 3 aromatic heterocycles. The van der Waals surface area contributed by atoms with Crippen LogP contribution in [0, 0.1) is 13.8 Å². The van der Waals surface area contributed by atoms with Crippen molar-refractivity contribution < 1.29 is 9.32 Å². The lowest BCUT2D eigenvalue weighted by Crippen LogP contribution is -2.43. The molecule has 1 saturated heterocycles. The van der Waals surface area contributed by atoms with E-state index in [1.807, 2.05) is 68.4 Å². The Morgan fingerprint density at radius 3 is 2.49 bits per heavy atom. The molecule has 5 aromatic rings. The molecule has 4 heterocycles. The number of likely N-dealkylation sites (N-methyl/N-ethyl adjacent to an activating group) is 1. The summed E-state index contributed by atoms with van der Waals surface area (Å²) in [6, 6.07) is 17.4. The van der Waals surface area contributed by atoms with E-state index in [-0.39, 0.29) is 5.91 Å². The van der Waals surface area contributed by atoms with Crippen LogP contribution in [0.1, 0.15) is 27.2 Å². The number of hydrogen-bond donors (Lipinski definition) is 2. The number of anilines is 3. The largest absolute Gasteiger partial charge is 0.361 e. The predicted molar refractivity (Wildman–Crippen MR) is 167 cm³/mol. The highest BCUT2D eigenvalue weighted by Gasteiger charge is 2.15. The zero-order valence-electron chi connectivity index (χ0n) is 24.5. The Labute approximate surface area is 250 Å². The van der Waals surface area contributed by atoms with Crippen molar-refractivity contribution in [2.75, 3.05) is 43.9 Å². The Hall–Kier alpha value is -4.93. The summed E-state index contributed by atoms with van der Waals surface area (Å²) in [6.45, 7) is 9.05. The van der Waals surface area contributed by atoms with Crippen molar-refractivity contribution in [3.63, 3.8) is 0 Å². The average Bonchev–Trinajstić information content (AvgIpc) is 3.46. The zero-order chi connectivity index (χ0) is 29.8. The molecule has 0 unspecified atom stereocenters. The van der Waals surface area contributed by atoms with Crippen molar-refractivity contribution in [3.05, 3.63) is 102 Å². The van der Waals surface area contributed by atoms with E-state index in [2.05, 4.69) is 42.6 Å². The first-order chi connectivity index (χ1) is 20.9. The molecule has 0 spiro atoms. The molecule has 0 aliphatic carbocycles. The van der Waals surface area contributed by atoms with Gasteiger partial charge in [-0.15, -0.1) is 0 Å². The average molecular weight is 575 g/mol. The highest BCUT2D eigenvalue weighted by atomic mass is 16.5. The quantitative estimate of drug-likeness (QED) is 0.246. The third-order valence-corrected chi connectivity index (χ3v) is 7.71. The molecule has 0 radical (unpaired) electrons. The van der Waals surface area contributed by atoms with Gasteiger partial charge < -0.3 is 20.1 Å². The van der Waals surface area contributed by atoms with Gasteiger partial charge in [-0.05, 0) is 68.4 Å². The monoisotopic (exact) mass is 574 g/mol. The number of nitrogens with zero attached hydrogens (tertiary/aromatic N) is 6. The van der Waals surface area contributed by atoms with E-state index in [1.54, 1.807) is 24.8 Å². The van der Waals surface area contributed by atoms with Crippen LogP contribution >= 0.6 is 0 Å². The van der Waals surface area contributed by atoms with Crippen LogP contribution in [-0.2, 0) is 6.54 Å². The summed E-state index contributed by atoms with van der Waals surface area (Å²) in [5, 5.41) is 10.2. The molecule has 2 N–H and O–H groups in total. The maximum absolute atomic E-state index is 13.1. The molecule has 0 saturated carbocycles. The Bertz CT molecular complexity index is 1730. The van der Waals surface area contributed by atoms with Gasteiger partial charge in [0.2, 0.25) is 5.95 Å². The highest BCUT2D eigenvalue weighted by Crippen LogP contribution is 2.28. The van der Waals surface area contributed by atoms with Gasteiger partial charge in [0.25, 0.3) is 5.91 Å². The summed E-state index contributed by atoms with van der Waals surface area (Å²) < 4.78 is 5.21. The lowest BCUT2D eigenvalue weighted by atomic mass is 10.1. The first-order valence-corrected chi connectivity index (χ1v) is 14.3. The van der Waals surface area contributed by atoms with Gasteiger partial charge in [0.15, 0.2) is 0 Å². The van der Waals surface area contributed by atoms with Crippen LogP contribution in [-0.4, -0.2) is 69.0 Å². The third-order valence-electron chi connectivity index (χ3n) is 7.71. The first kappa shape index (κ1) is 28.2. The molecule has 1 aliphatic rings. The molecule has 0 atom stereocenters. The Morgan fingerprint density at radius 1 is 0.930 bits per heavy atom. The molecule has 10 heteroatoms. The highest BCUT2D eigenvalue weighted by molar-refractivity contribution is 6.04. The number of nitrogens with one attached hydrogen (secondary N) is 2. The van der Waals surface area contributed by atoms with Gasteiger partial charge in [0, 0.05) is 84.9 Å². The van der Waals surface area contributed by atoms with Crippen LogP contribution in [0.15, 0.2) is 83.9 Å². The summed E-state index contributed by atoms with van der Waals surface area (Å²) in [4.78, 5) is 31.4. The SMILES string of the molecule is Cc1ccc(NC(=O)c2ccc(CN3CCN(C)CC3)cc2)cc1Nc1nccc(-c2cncc(-c3cnoc3C)c2)n1. The second kappa shape index (κ2) is 12.5. The standard InChI is InChI=1S/C33H34N8O2/c1-22-4-9-28(37-32(42)25-7-5-24(6-8-25)21-41-14-12-40(3)13-15-41)17-31(22)39-33-35-11-10-30(38-33)27-16-26(18-34-19-27)29-20-36-43-23(29)2/h4-11,16-20H,12-15,21H2,1-3H3,(H,37,42)(H,35,38,39). The van der Waals surface area contributed by atoms with Gasteiger partial charge in [-0.3, -0.25) is 14.7 Å². The van der Waals surface area contributed by atoms with E-state index >= 15 is 0 Å². The molecule has 2 aromatic carbocycles. The van der Waals surface area contributed by atoms with Crippen molar-refractivity contribution in [2.24, 2.45) is 0 Å². The summed E-state index contributed by atoms with van der Waals surface area (Å²) in [5.41, 5.74) is 7.64. The van der Waals surface area contributed by atoms with Crippen molar-refractivity contribution in [2.45, 2.75) is 20.4 Å². The Balaban J connectivity index is 1.13. The van der Waals surface area contributed by atoms with Crippen molar-refractivity contribution >= 4 is 23.2 Å². The summed E-state index contributed by atoms with van der Waals surface area (Å²) in [7, 11) is 2.16. The number of carbonyl (C=O) groups excluding carboxylic acids is 1. The first-order valence-electron chi connectivity index (χ1n) is 14.3. The van der Waals surface area contributed by atoms with Crippen LogP contribution in [0.2, 0.25) is 0 Å². The van der Waals surface area contributed by atoms with Crippen LogP contribution in [0.25, 0.3) is 22.4 Å². The van der Waals surface area contributed by atoms with Crippen LogP contribution in [0.3, 0.4) is 0 Å². The predicted octanol–water partition coefficient (Wildman–Crippen LogP) is 5.55. The molecule has 1 aliphatic heterocycles. The maximum atomic E-state index is 13.1. The van der Waals surface area contributed by atoms with Crippen molar-refractivity contribution in [1.29, 1.82) is 0 Å². The fourth-order valence-electron chi connectivity index (χ4n) is 5.07. The van der Waals surface area contributed by atoms with Crippen LogP contribution in [0.5, 0.6) is 0 Å². The number of pyridine rings is 1. The van der Waals surface area contributed by atoms with E-state index in [0.29, 0.717) is 17.2 Å². The van der Waals surface area contributed by atoms with Gasteiger partial charge in [0.05, 0.1) is 11.9 Å². The molecule has 10 nitrogen and oxygen atoms in total. The molecular weight excluding hydrogens is 540 g/mol. The number of amides is 1. The topological polar surface area (TPSA) is 112 Å². The molecule has 0 bridgehead atoms. The van der Waals surface area contributed by atoms with Crippen molar-refractivity contribution in [3.8, 4) is 22.4 Å². The lowest BCUT2D eigenvalue weighted by Gasteiger charge is -2.32. The van der Waals surface area contributed by atoms with Crippen LogP contribution in [0.4, 0.5) is 17.3 Å². The summed E-state index contributed by atoms with van der Waals surface area (Å²) in [5.74, 6) is 1.01. The number of piperazine rings is 1. The molecule has 6 rings (SSSR count). The van der Waals surface area contributed by atoms with E-state index < -0.39 is 0 Å². The second-order valence-corrected chi connectivity index (χ2v) is 10.9. The normalized spacial score (nSPS) is 14.0. The number of carbonyl (C=O) groups is 1. The molecule has 1 fully saturated rings. The van der Waals surface area contributed by atoms with E-state index in [0.717, 1.165) is 72.1 Å². The molecular formula is C33H34N8O2. The van der Waals surface area contributed by atoms with E-state index in [4.69, 9.17) is 9.51 Å². The third kappa shape index (κ3) is 6.77. The minimum Gasteiger partial charge on any atom is -0.361 e. The smallest absolute Gasteiger partial charge is 0.255 e. The zero-order valence-corrected chi connectivity index (χ0v) is 24.5. The molecule has 218 valence electrons. The number of benzene rings is 2. The number of aryl methyl sites for hydroxylation is 2. The lowest BCUT2D eigenvalue weighted by molar-refractivity contribution is 0.102. The van der Waals surface area contributed by atoms with Gasteiger partial charge in [-0.2, -0.15) is 0 Å². The van der Waals surface area contributed by atoms with E-state index in [1.165, 1.54) is 5.56 Å². The van der Waals surface area contributed by atoms with Gasteiger partial charge in [0.1, 0.15) is 5.76 Å². The fraction of sp³-hybridized carbons (Fsp3) is 0.242. The fourth-order valence-corrected chi connectivity index (χ4v) is 5.07. The van der Waals surface area contributed by atoms with Crippen molar-refractivity contribution in [1.82, 2.24) is 29.9 Å².